The number of amides is 1. The van der Waals surface area contributed by atoms with Gasteiger partial charge in [0, 0.05) is 12.6 Å². The van der Waals surface area contributed by atoms with E-state index in [0.717, 1.165) is 12.1 Å². The molecule has 0 bridgehead atoms. The first-order chi connectivity index (χ1) is 16.4. The number of benzene rings is 2. The second kappa shape index (κ2) is 10.4. The number of carbonyl (C=O) groups excluding carboxylic acids is 1. The van der Waals surface area contributed by atoms with Crippen molar-refractivity contribution in [1.82, 2.24) is 10.3 Å². The summed E-state index contributed by atoms with van der Waals surface area (Å²) in [6, 6.07) is 9.52. The zero-order valence-corrected chi connectivity index (χ0v) is 19.0. The van der Waals surface area contributed by atoms with E-state index in [2.05, 4.69) is 15.0 Å². The van der Waals surface area contributed by atoms with Crippen molar-refractivity contribution in [2.24, 2.45) is 0 Å². The Bertz CT molecular complexity index is 1190. The largest absolute Gasteiger partial charge is 0.573 e. The van der Waals surface area contributed by atoms with Crippen LogP contribution in [0, 0.1) is 0 Å². The number of rotatable bonds is 8. The molecule has 35 heavy (non-hydrogen) atoms. The molecule has 188 valence electrons. The lowest BCUT2D eigenvalue weighted by atomic mass is 10.1. The maximum Gasteiger partial charge on any atom is 0.573 e. The number of hydrogen-bond donors (Lipinski definition) is 1. The van der Waals surface area contributed by atoms with Gasteiger partial charge in [-0.2, -0.15) is 13.2 Å². The third-order valence-corrected chi connectivity index (χ3v) is 5.66. The molecular weight excluding hydrogens is 502 g/mol. The summed E-state index contributed by atoms with van der Waals surface area (Å²) in [6.45, 7) is -0.134. The highest BCUT2D eigenvalue weighted by Crippen LogP contribution is 2.41. The van der Waals surface area contributed by atoms with E-state index >= 15 is 0 Å². The van der Waals surface area contributed by atoms with Crippen LogP contribution in [0.3, 0.4) is 0 Å². The summed E-state index contributed by atoms with van der Waals surface area (Å²) >= 11 is 0.537. The van der Waals surface area contributed by atoms with Crippen LogP contribution in [0.25, 0.3) is 10.6 Å². The Hall–Kier alpha value is -3.48. The first-order valence-corrected chi connectivity index (χ1v) is 10.7. The van der Waals surface area contributed by atoms with E-state index in [0.29, 0.717) is 22.6 Å². The molecule has 3 rings (SSSR count). The Morgan fingerprint density at radius 3 is 2.37 bits per heavy atom. The third-order valence-electron chi connectivity index (χ3n) is 4.57. The van der Waals surface area contributed by atoms with Gasteiger partial charge in [-0.3, -0.25) is 4.79 Å². The first-order valence-electron chi connectivity index (χ1n) is 9.84. The molecular formula is C22H18F6N2O4S. The van der Waals surface area contributed by atoms with Crippen molar-refractivity contribution in [3.05, 3.63) is 58.6 Å². The number of halogens is 6. The monoisotopic (exact) mass is 520 g/mol. The molecule has 0 aliphatic heterocycles. The fourth-order valence-corrected chi connectivity index (χ4v) is 4.09. The van der Waals surface area contributed by atoms with Crippen LogP contribution in [-0.4, -0.2) is 38.0 Å². The van der Waals surface area contributed by atoms with Crippen LogP contribution in [0.2, 0.25) is 0 Å². The SMILES string of the molecule is COc1ccc(-c2nc(C(F)(F)F)c(C(=O)NCCc3cccc(OC(F)(F)F)c3)s2)c(OC)c1. The molecule has 1 N–H and O–H groups in total. The minimum atomic E-state index is -4.90. The minimum Gasteiger partial charge on any atom is -0.497 e. The van der Waals surface area contributed by atoms with Gasteiger partial charge in [0.1, 0.15) is 27.1 Å². The third kappa shape index (κ3) is 6.78. The van der Waals surface area contributed by atoms with Gasteiger partial charge in [-0.15, -0.1) is 24.5 Å². The van der Waals surface area contributed by atoms with E-state index < -0.39 is 34.8 Å². The Morgan fingerprint density at radius 2 is 1.74 bits per heavy atom. The summed E-state index contributed by atoms with van der Waals surface area (Å²) in [4.78, 5) is 15.6. The zero-order chi connectivity index (χ0) is 25.8. The molecule has 2 aromatic carbocycles. The van der Waals surface area contributed by atoms with Crippen LogP contribution in [0.5, 0.6) is 17.2 Å². The number of aromatic nitrogens is 1. The molecule has 0 saturated carbocycles. The van der Waals surface area contributed by atoms with Crippen LogP contribution in [0.1, 0.15) is 20.9 Å². The Kier molecular flexibility index (Phi) is 7.78. The summed E-state index contributed by atoms with van der Waals surface area (Å²) in [5, 5.41) is 2.27. The number of methoxy groups -OCH3 is 2. The second-order valence-electron chi connectivity index (χ2n) is 6.96. The van der Waals surface area contributed by atoms with E-state index in [1.165, 1.54) is 44.6 Å². The van der Waals surface area contributed by atoms with E-state index in [4.69, 9.17) is 9.47 Å². The van der Waals surface area contributed by atoms with Crippen molar-refractivity contribution < 1.29 is 45.3 Å². The second-order valence-corrected chi connectivity index (χ2v) is 7.96. The number of thiazole rings is 1. The maximum absolute atomic E-state index is 13.6. The fourth-order valence-electron chi connectivity index (χ4n) is 3.06. The van der Waals surface area contributed by atoms with Gasteiger partial charge < -0.3 is 19.5 Å². The minimum absolute atomic E-state index is 0.0557. The van der Waals surface area contributed by atoms with E-state index in [-0.39, 0.29) is 29.3 Å². The molecule has 0 unspecified atom stereocenters. The number of carbonyl (C=O) groups is 1. The van der Waals surface area contributed by atoms with Gasteiger partial charge in [0.25, 0.3) is 5.91 Å². The van der Waals surface area contributed by atoms with Crippen molar-refractivity contribution in [1.29, 1.82) is 0 Å². The van der Waals surface area contributed by atoms with Gasteiger partial charge in [0.2, 0.25) is 0 Å². The van der Waals surface area contributed by atoms with Crippen molar-refractivity contribution in [2.75, 3.05) is 20.8 Å². The number of alkyl halides is 6. The van der Waals surface area contributed by atoms with Gasteiger partial charge in [-0.1, -0.05) is 12.1 Å². The summed E-state index contributed by atoms with van der Waals surface area (Å²) < 4.78 is 92.1. The van der Waals surface area contributed by atoms with Crippen LogP contribution in [-0.2, 0) is 12.6 Å². The fraction of sp³-hybridized carbons (Fsp3) is 0.273. The smallest absolute Gasteiger partial charge is 0.497 e. The molecule has 0 aliphatic carbocycles. The van der Waals surface area contributed by atoms with Crippen molar-refractivity contribution >= 4 is 17.2 Å². The molecule has 3 aromatic rings. The molecule has 0 fully saturated rings. The molecule has 0 atom stereocenters. The summed E-state index contributed by atoms with van der Waals surface area (Å²) in [7, 11) is 2.75. The van der Waals surface area contributed by atoms with Crippen molar-refractivity contribution in [3.63, 3.8) is 0 Å². The predicted octanol–water partition coefficient (Wildman–Crippen LogP) is 5.72. The lowest BCUT2D eigenvalue weighted by Crippen LogP contribution is -2.27. The highest BCUT2D eigenvalue weighted by molar-refractivity contribution is 7.17. The molecule has 1 heterocycles. The highest BCUT2D eigenvalue weighted by atomic mass is 32.1. The van der Waals surface area contributed by atoms with Crippen LogP contribution in [0.4, 0.5) is 26.3 Å². The van der Waals surface area contributed by atoms with Crippen molar-refractivity contribution in [3.8, 4) is 27.8 Å². The van der Waals surface area contributed by atoms with E-state index in [1.807, 2.05) is 0 Å². The average molecular weight is 520 g/mol. The van der Waals surface area contributed by atoms with Gasteiger partial charge in [-0.25, -0.2) is 4.98 Å². The number of hydrogen-bond acceptors (Lipinski definition) is 6. The topological polar surface area (TPSA) is 69.7 Å². The first kappa shape index (κ1) is 26.1. The van der Waals surface area contributed by atoms with Crippen LogP contribution < -0.4 is 19.5 Å². The molecule has 0 saturated heterocycles. The molecule has 13 heteroatoms. The summed E-state index contributed by atoms with van der Waals surface area (Å²) in [6.07, 6.45) is -9.71. The number of nitrogens with zero attached hydrogens (tertiary/aromatic N) is 1. The van der Waals surface area contributed by atoms with Gasteiger partial charge in [0.15, 0.2) is 5.69 Å². The Labute approximate surface area is 199 Å². The van der Waals surface area contributed by atoms with Gasteiger partial charge >= 0.3 is 12.5 Å². The number of nitrogens with one attached hydrogen (secondary N) is 1. The molecule has 0 aliphatic rings. The van der Waals surface area contributed by atoms with Gasteiger partial charge in [0.05, 0.1) is 19.8 Å². The quantitative estimate of drug-likeness (QED) is 0.385. The lowest BCUT2D eigenvalue weighted by molar-refractivity contribution is -0.274. The normalized spacial score (nSPS) is 11.8. The predicted molar refractivity (Wildman–Crippen MR) is 115 cm³/mol. The number of ether oxygens (including phenoxy) is 3. The molecule has 6 nitrogen and oxygen atoms in total. The standard InChI is InChI=1S/C22H18F6N2O4S/c1-32-13-6-7-15(16(11-13)33-2)20-30-18(21(23,24)25)17(35-20)19(31)29-9-8-12-4-3-5-14(10-12)34-22(26,27)28/h3-7,10-11H,8-9H2,1-2H3,(H,29,31). The molecule has 1 amide bonds. The maximum atomic E-state index is 13.6. The summed E-state index contributed by atoms with van der Waals surface area (Å²) in [5.41, 5.74) is -0.728. The molecule has 0 spiro atoms. The highest BCUT2D eigenvalue weighted by Gasteiger charge is 2.40. The summed E-state index contributed by atoms with van der Waals surface area (Å²) in [5.74, 6) is -0.835. The van der Waals surface area contributed by atoms with E-state index in [1.54, 1.807) is 0 Å². The van der Waals surface area contributed by atoms with Crippen LogP contribution in [0.15, 0.2) is 42.5 Å². The Balaban J connectivity index is 1.79. The van der Waals surface area contributed by atoms with Gasteiger partial charge in [-0.05, 0) is 36.2 Å². The van der Waals surface area contributed by atoms with Crippen molar-refractivity contribution in [2.45, 2.75) is 19.0 Å². The molecule has 1 aromatic heterocycles. The van der Waals surface area contributed by atoms with Crippen LogP contribution >= 0.6 is 11.3 Å². The Morgan fingerprint density at radius 1 is 1.00 bits per heavy atom. The zero-order valence-electron chi connectivity index (χ0n) is 18.2. The lowest BCUT2D eigenvalue weighted by Gasteiger charge is -2.10. The molecule has 0 radical (unpaired) electrons. The average Bonchev–Trinajstić information content (AvgIpc) is 3.24. The van der Waals surface area contributed by atoms with E-state index in [9.17, 15) is 31.1 Å².